The summed E-state index contributed by atoms with van der Waals surface area (Å²) >= 11 is 4.77. The molecule has 1 aromatic heterocycles. The minimum atomic E-state index is -0.0358. The van der Waals surface area contributed by atoms with Crippen LogP contribution in [-0.2, 0) is 11.3 Å². The number of carbonyl (C=O) groups is 1. The first-order valence-corrected chi connectivity index (χ1v) is 7.04. The van der Waals surface area contributed by atoms with Gasteiger partial charge in [0.15, 0.2) is 0 Å². The van der Waals surface area contributed by atoms with Crippen molar-refractivity contribution in [3.05, 3.63) is 12.2 Å². The highest BCUT2D eigenvalue weighted by atomic mass is 32.1. The van der Waals surface area contributed by atoms with E-state index in [-0.39, 0.29) is 17.4 Å². The standard InChI is InChI=1S/C12H19N5OS/c13-11(19)12-14-8-17(16-12)7-10(18)15-9-5-3-1-2-4-6-9/h8-9H,1-7H2,(H2,13,19)(H,15,18). The van der Waals surface area contributed by atoms with Crippen LogP contribution in [0.3, 0.4) is 0 Å². The molecule has 1 heterocycles. The van der Waals surface area contributed by atoms with E-state index in [1.165, 1.54) is 36.7 Å². The van der Waals surface area contributed by atoms with Crippen molar-refractivity contribution in [2.24, 2.45) is 5.73 Å². The Morgan fingerprint density at radius 2 is 2.11 bits per heavy atom. The number of nitrogens with two attached hydrogens (primary N) is 1. The summed E-state index contributed by atoms with van der Waals surface area (Å²) in [5.74, 6) is 0.267. The highest BCUT2D eigenvalue weighted by Gasteiger charge is 2.15. The summed E-state index contributed by atoms with van der Waals surface area (Å²) in [6.07, 6.45) is 8.54. The van der Waals surface area contributed by atoms with Crippen molar-refractivity contribution < 1.29 is 4.79 Å². The monoisotopic (exact) mass is 281 g/mol. The summed E-state index contributed by atoms with van der Waals surface area (Å²) in [6.45, 7) is 0.159. The highest BCUT2D eigenvalue weighted by Crippen LogP contribution is 2.17. The number of amides is 1. The molecule has 0 radical (unpaired) electrons. The van der Waals surface area contributed by atoms with Gasteiger partial charge in [-0.15, -0.1) is 5.10 Å². The Kier molecular flexibility index (Phi) is 4.84. The molecule has 6 nitrogen and oxygen atoms in total. The molecule has 0 atom stereocenters. The van der Waals surface area contributed by atoms with Gasteiger partial charge in [-0.3, -0.25) is 4.79 Å². The Morgan fingerprint density at radius 1 is 1.42 bits per heavy atom. The van der Waals surface area contributed by atoms with E-state index in [0.717, 1.165) is 12.8 Å². The Bertz CT molecular complexity index is 451. The number of aromatic nitrogens is 3. The maximum atomic E-state index is 11.9. The smallest absolute Gasteiger partial charge is 0.242 e. The summed E-state index contributed by atoms with van der Waals surface area (Å²) < 4.78 is 1.46. The van der Waals surface area contributed by atoms with Gasteiger partial charge in [-0.05, 0) is 12.8 Å². The van der Waals surface area contributed by atoms with E-state index in [4.69, 9.17) is 18.0 Å². The van der Waals surface area contributed by atoms with Crippen molar-refractivity contribution in [1.82, 2.24) is 20.1 Å². The number of thiocarbonyl (C=S) groups is 1. The molecule has 1 saturated carbocycles. The molecule has 0 aromatic carbocycles. The molecule has 1 aliphatic rings. The summed E-state index contributed by atoms with van der Waals surface area (Å²) in [5.41, 5.74) is 5.42. The number of carbonyl (C=O) groups excluding carboxylic acids is 1. The maximum absolute atomic E-state index is 11.9. The molecule has 0 saturated heterocycles. The van der Waals surface area contributed by atoms with Crippen molar-refractivity contribution in [2.75, 3.05) is 0 Å². The minimum absolute atomic E-state index is 0.0358. The molecule has 104 valence electrons. The zero-order valence-electron chi connectivity index (χ0n) is 10.8. The van der Waals surface area contributed by atoms with Crippen molar-refractivity contribution in [3.63, 3.8) is 0 Å². The van der Waals surface area contributed by atoms with Gasteiger partial charge in [0.25, 0.3) is 0 Å². The minimum Gasteiger partial charge on any atom is -0.387 e. The van der Waals surface area contributed by atoms with Crippen LogP contribution in [0.5, 0.6) is 0 Å². The lowest BCUT2D eigenvalue weighted by Crippen LogP contribution is -2.36. The summed E-state index contributed by atoms with van der Waals surface area (Å²) in [4.78, 5) is 16.0. The predicted molar refractivity (Wildman–Crippen MR) is 75.5 cm³/mol. The number of hydrogen-bond acceptors (Lipinski definition) is 4. The Hall–Kier alpha value is -1.50. The second-order valence-corrected chi connectivity index (χ2v) is 5.33. The van der Waals surface area contributed by atoms with Gasteiger partial charge in [0.2, 0.25) is 11.7 Å². The van der Waals surface area contributed by atoms with Gasteiger partial charge in [0.1, 0.15) is 17.9 Å². The van der Waals surface area contributed by atoms with E-state index in [9.17, 15) is 4.79 Å². The molecule has 0 unspecified atom stereocenters. The van der Waals surface area contributed by atoms with Crippen molar-refractivity contribution in [2.45, 2.75) is 51.1 Å². The van der Waals surface area contributed by atoms with Crippen LogP contribution in [0.25, 0.3) is 0 Å². The topological polar surface area (TPSA) is 85.8 Å². The number of hydrogen-bond donors (Lipinski definition) is 2. The highest BCUT2D eigenvalue weighted by molar-refractivity contribution is 7.80. The van der Waals surface area contributed by atoms with Crippen LogP contribution in [0.15, 0.2) is 6.33 Å². The Morgan fingerprint density at radius 3 is 2.68 bits per heavy atom. The number of nitrogens with zero attached hydrogens (tertiary/aromatic N) is 3. The van der Waals surface area contributed by atoms with Crippen LogP contribution < -0.4 is 11.1 Å². The van der Waals surface area contributed by atoms with Crippen LogP contribution in [0.1, 0.15) is 44.3 Å². The van der Waals surface area contributed by atoms with Gasteiger partial charge >= 0.3 is 0 Å². The average molecular weight is 281 g/mol. The van der Waals surface area contributed by atoms with Crippen LogP contribution in [-0.4, -0.2) is 31.7 Å². The maximum Gasteiger partial charge on any atom is 0.242 e. The normalized spacial score (nSPS) is 16.8. The predicted octanol–water partition coefficient (Wildman–Crippen LogP) is 0.751. The van der Waals surface area contributed by atoms with Crippen LogP contribution in [0.4, 0.5) is 0 Å². The van der Waals surface area contributed by atoms with Gasteiger partial charge in [-0.2, -0.15) is 0 Å². The van der Waals surface area contributed by atoms with E-state index < -0.39 is 0 Å². The zero-order chi connectivity index (χ0) is 13.7. The van der Waals surface area contributed by atoms with E-state index in [0.29, 0.717) is 11.9 Å². The third kappa shape index (κ3) is 4.27. The molecule has 1 aliphatic carbocycles. The zero-order valence-corrected chi connectivity index (χ0v) is 11.7. The molecule has 1 fully saturated rings. The first kappa shape index (κ1) is 13.9. The van der Waals surface area contributed by atoms with Crippen LogP contribution in [0, 0.1) is 0 Å². The molecule has 19 heavy (non-hydrogen) atoms. The van der Waals surface area contributed by atoms with Gasteiger partial charge in [0.05, 0.1) is 0 Å². The summed E-state index contributed by atoms with van der Waals surface area (Å²) in [6, 6.07) is 0.300. The molecular weight excluding hydrogens is 262 g/mol. The van der Waals surface area contributed by atoms with E-state index in [1.807, 2.05) is 0 Å². The lowest BCUT2D eigenvalue weighted by molar-refractivity contribution is -0.122. The average Bonchev–Trinajstić information content (AvgIpc) is 2.67. The number of rotatable bonds is 4. The van der Waals surface area contributed by atoms with Gasteiger partial charge in [-0.1, -0.05) is 37.9 Å². The first-order valence-electron chi connectivity index (χ1n) is 6.64. The molecule has 0 bridgehead atoms. The fourth-order valence-corrected chi connectivity index (χ4v) is 2.42. The molecule has 1 amide bonds. The second-order valence-electron chi connectivity index (χ2n) is 4.89. The fourth-order valence-electron chi connectivity index (χ4n) is 2.33. The van der Waals surface area contributed by atoms with E-state index in [1.54, 1.807) is 0 Å². The molecule has 0 aliphatic heterocycles. The molecule has 0 spiro atoms. The lowest BCUT2D eigenvalue weighted by atomic mass is 10.1. The SMILES string of the molecule is NC(=S)c1ncn(CC(=O)NC2CCCCCC2)n1. The first-order chi connectivity index (χ1) is 9.15. The second kappa shape index (κ2) is 6.60. The Labute approximate surface area is 117 Å². The molecular formula is C12H19N5OS. The quantitative estimate of drug-likeness (QED) is 0.628. The van der Waals surface area contributed by atoms with E-state index >= 15 is 0 Å². The summed E-state index contributed by atoms with van der Waals surface area (Å²) in [7, 11) is 0. The third-order valence-corrected chi connectivity index (χ3v) is 3.47. The molecule has 1 aromatic rings. The molecule has 2 rings (SSSR count). The van der Waals surface area contributed by atoms with Crippen LogP contribution >= 0.6 is 12.2 Å². The van der Waals surface area contributed by atoms with Gasteiger partial charge < -0.3 is 11.1 Å². The van der Waals surface area contributed by atoms with Gasteiger partial charge in [0, 0.05) is 6.04 Å². The lowest BCUT2D eigenvalue weighted by Gasteiger charge is -2.15. The Balaban J connectivity index is 1.84. The van der Waals surface area contributed by atoms with Crippen molar-refractivity contribution >= 4 is 23.1 Å². The van der Waals surface area contributed by atoms with Gasteiger partial charge in [-0.25, -0.2) is 9.67 Å². The third-order valence-electron chi connectivity index (χ3n) is 3.28. The van der Waals surface area contributed by atoms with Crippen molar-refractivity contribution in [3.8, 4) is 0 Å². The number of nitrogens with one attached hydrogen (secondary N) is 1. The van der Waals surface area contributed by atoms with E-state index in [2.05, 4.69) is 15.4 Å². The molecule has 3 N–H and O–H groups in total. The molecule has 7 heteroatoms. The fraction of sp³-hybridized carbons (Fsp3) is 0.667. The summed E-state index contributed by atoms with van der Waals surface area (Å²) in [5, 5.41) is 7.09. The largest absolute Gasteiger partial charge is 0.387 e. The van der Waals surface area contributed by atoms with Crippen molar-refractivity contribution in [1.29, 1.82) is 0 Å². The van der Waals surface area contributed by atoms with Crippen LogP contribution in [0.2, 0.25) is 0 Å².